The smallest absolute Gasteiger partial charge is 0.147 e. The van der Waals surface area contributed by atoms with Crippen LogP contribution in [-0.4, -0.2) is 30.8 Å². The first-order valence-electron chi connectivity index (χ1n) is 7.59. The average Bonchev–Trinajstić information content (AvgIpc) is 3.13. The van der Waals surface area contributed by atoms with Crippen LogP contribution in [0.25, 0.3) is 10.2 Å². The highest BCUT2D eigenvalue weighted by Crippen LogP contribution is 2.27. The van der Waals surface area contributed by atoms with Crippen LogP contribution in [0.3, 0.4) is 0 Å². The van der Waals surface area contributed by atoms with E-state index in [1.807, 2.05) is 6.07 Å². The number of fused-ring (bicyclic) bond motifs is 2. The van der Waals surface area contributed by atoms with Crippen molar-refractivity contribution in [1.29, 1.82) is 0 Å². The summed E-state index contributed by atoms with van der Waals surface area (Å²) < 4.78 is 3.39. The maximum atomic E-state index is 4.42. The van der Waals surface area contributed by atoms with E-state index in [2.05, 4.69) is 49.3 Å². The molecule has 0 aromatic carbocycles. The van der Waals surface area contributed by atoms with Crippen molar-refractivity contribution in [2.24, 2.45) is 0 Å². The van der Waals surface area contributed by atoms with Crippen LogP contribution in [0.4, 0.5) is 5.82 Å². The van der Waals surface area contributed by atoms with E-state index in [-0.39, 0.29) is 0 Å². The number of nitrogens with one attached hydrogen (secondary N) is 1. The lowest BCUT2D eigenvalue weighted by Gasteiger charge is -2.26. The van der Waals surface area contributed by atoms with Gasteiger partial charge in [0, 0.05) is 24.9 Å². The Balaban J connectivity index is 1.60. The van der Waals surface area contributed by atoms with Gasteiger partial charge in [-0.3, -0.25) is 0 Å². The average molecular weight is 314 g/mol. The van der Waals surface area contributed by atoms with Gasteiger partial charge in [0.2, 0.25) is 0 Å². The Hall–Kier alpha value is -2.02. The molecule has 0 spiro atoms. The molecule has 0 amide bonds. The lowest BCUT2D eigenvalue weighted by Crippen LogP contribution is -2.32. The zero-order chi connectivity index (χ0) is 15.1. The molecule has 0 aliphatic carbocycles. The second-order valence-corrected chi connectivity index (χ2v) is 6.89. The summed E-state index contributed by atoms with van der Waals surface area (Å²) in [6.07, 6.45) is 3.63. The number of aromatic nitrogens is 5. The number of rotatable bonds is 3. The highest BCUT2D eigenvalue weighted by Gasteiger charge is 2.24. The van der Waals surface area contributed by atoms with Crippen LogP contribution < -0.4 is 5.32 Å². The van der Waals surface area contributed by atoms with Crippen LogP contribution in [0.2, 0.25) is 0 Å². The summed E-state index contributed by atoms with van der Waals surface area (Å²) in [5, 5.41) is 14.3. The summed E-state index contributed by atoms with van der Waals surface area (Å²) in [7, 11) is 0. The highest BCUT2D eigenvalue weighted by atomic mass is 32.1. The molecule has 3 aromatic rings. The monoisotopic (exact) mass is 314 g/mol. The first kappa shape index (κ1) is 13.6. The van der Waals surface area contributed by atoms with Crippen LogP contribution in [0.15, 0.2) is 17.8 Å². The van der Waals surface area contributed by atoms with Crippen molar-refractivity contribution in [1.82, 2.24) is 24.7 Å². The van der Waals surface area contributed by atoms with E-state index in [9.17, 15) is 0 Å². The fourth-order valence-electron chi connectivity index (χ4n) is 2.98. The van der Waals surface area contributed by atoms with Gasteiger partial charge in [0.25, 0.3) is 0 Å². The minimum atomic E-state index is 0.348. The predicted molar refractivity (Wildman–Crippen MR) is 87.3 cm³/mol. The lowest BCUT2D eigenvalue weighted by atomic mass is 10.1. The maximum absolute atomic E-state index is 4.42. The minimum absolute atomic E-state index is 0.348. The first-order valence-corrected chi connectivity index (χ1v) is 8.47. The van der Waals surface area contributed by atoms with E-state index in [4.69, 9.17) is 0 Å². The molecule has 4 rings (SSSR count). The number of anilines is 1. The zero-order valence-electron chi connectivity index (χ0n) is 12.7. The van der Waals surface area contributed by atoms with Crippen LogP contribution >= 0.6 is 11.3 Å². The van der Waals surface area contributed by atoms with E-state index in [1.165, 1.54) is 0 Å². The number of hydrogen-bond donors (Lipinski definition) is 1. The Morgan fingerprint density at radius 1 is 1.32 bits per heavy atom. The third-order valence-electron chi connectivity index (χ3n) is 4.08. The second kappa shape index (κ2) is 5.31. The Bertz CT molecular complexity index is 805. The Labute approximate surface area is 132 Å². The van der Waals surface area contributed by atoms with Crippen molar-refractivity contribution in [3.05, 3.63) is 29.4 Å². The highest BCUT2D eigenvalue weighted by molar-refractivity contribution is 7.17. The first-order chi connectivity index (χ1) is 10.7. The van der Waals surface area contributed by atoms with E-state index in [1.54, 1.807) is 17.7 Å². The zero-order valence-corrected chi connectivity index (χ0v) is 13.5. The van der Waals surface area contributed by atoms with Crippen LogP contribution in [0, 0.1) is 0 Å². The van der Waals surface area contributed by atoms with E-state index in [0.717, 1.165) is 47.1 Å². The van der Waals surface area contributed by atoms with E-state index >= 15 is 0 Å². The molecule has 0 bridgehead atoms. The van der Waals surface area contributed by atoms with E-state index in [0.29, 0.717) is 12.0 Å². The molecule has 0 unspecified atom stereocenters. The SMILES string of the molecule is CC(C)c1nnc2n1C[C@@H](Nc1ncnc3ccsc13)CC2. The van der Waals surface area contributed by atoms with Gasteiger partial charge in [0.1, 0.15) is 23.8 Å². The van der Waals surface area contributed by atoms with Crippen LogP contribution in [-0.2, 0) is 13.0 Å². The topological polar surface area (TPSA) is 68.5 Å². The van der Waals surface area contributed by atoms with Gasteiger partial charge in [-0.15, -0.1) is 21.5 Å². The van der Waals surface area contributed by atoms with Gasteiger partial charge < -0.3 is 9.88 Å². The number of thiophene rings is 1. The predicted octanol–water partition coefficient (Wildman–Crippen LogP) is 2.83. The summed E-state index contributed by atoms with van der Waals surface area (Å²) in [5.41, 5.74) is 1.01. The van der Waals surface area contributed by atoms with Crippen molar-refractivity contribution in [2.45, 2.75) is 45.2 Å². The molecule has 1 aliphatic rings. The molecular weight excluding hydrogens is 296 g/mol. The number of nitrogens with zero attached hydrogens (tertiary/aromatic N) is 5. The molecule has 0 radical (unpaired) electrons. The standard InChI is InChI=1S/C15H18N6S/c1-9(2)15-20-19-12-4-3-10(7-21(12)15)18-14-13-11(5-6-22-13)16-8-17-14/h5-6,8-10H,3-4,7H2,1-2H3,(H,16,17,18)/t10-/m0/s1. The molecular formula is C15H18N6S. The molecule has 6 nitrogen and oxygen atoms in total. The van der Waals surface area contributed by atoms with Crippen molar-refractivity contribution in [3.63, 3.8) is 0 Å². The molecule has 3 aromatic heterocycles. The minimum Gasteiger partial charge on any atom is -0.364 e. The third-order valence-corrected chi connectivity index (χ3v) is 4.99. The van der Waals surface area contributed by atoms with Gasteiger partial charge in [0.05, 0.1) is 10.2 Å². The Kier molecular flexibility index (Phi) is 3.29. The molecule has 1 aliphatic heterocycles. The molecule has 4 heterocycles. The summed E-state index contributed by atoms with van der Waals surface area (Å²) in [6.45, 7) is 5.22. The number of hydrogen-bond acceptors (Lipinski definition) is 6. The van der Waals surface area contributed by atoms with Crippen LogP contribution in [0.5, 0.6) is 0 Å². The summed E-state index contributed by atoms with van der Waals surface area (Å²) in [5.74, 6) is 3.51. The Morgan fingerprint density at radius 2 is 2.23 bits per heavy atom. The van der Waals surface area contributed by atoms with Gasteiger partial charge in [-0.05, 0) is 17.9 Å². The van der Waals surface area contributed by atoms with Gasteiger partial charge in [-0.25, -0.2) is 9.97 Å². The third kappa shape index (κ3) is 2.25. The molecule has 0 fully saturated rings. The quantitative estimate of drug-likeness (QED) is 0.805. The summed E-state index contributed by atoms with van der Waals surface area (Å²) >= 11 is 1.68. The molecule has 22 heavy (non-hydrogen) atoms. The van der Waals surface area contributed by atoms with Gasteiger partial charge in [0.15, 0.2) is 0 Å². The fraction of sp³-hybridized carbons (Fsp3) is 0.467. The van der Waals surface area contributed by atoms with Crippen molar-refractivity contribution in [3.8, 4) is 0 Å². The van der Waals surface area contributed by atoms with Gasteiger partial charge >= 0.3 is 0 Å². The van der Waals surface area contributed by atoms with E-state index < -0.39 is 0 Å². The van der Waals surface area contributed by atoms with Crippen LogP contribution in [0.1, 0.15) is 37.8 Å². The fourth-order valence-corrected chi connectivity index (χ4v) is 3.78. The largest absolute Gasteiger partial charge is 0.364 e. The maximum Gasteiger partial charge on any atom is 0.147 e. The van der Waals surface area contributed by atoms with Crippen molar-refractivity contribution < 1.29 is 0 Å². The molecule has 7 heteroatoms. The van der Waals surface area contributed by atoms with Crippen molar-refractivity contribution in [2.75, 3.05) is 5.32 Å². The molecule has 0 saturated heterocycles. The molecule has 114 valence electrons. The van der Waals surface area contributed by atoms with Gasteiger partial charge in [-0.1, -0.05) is 13.8 Å². The Morgan fingerprint density at radius 3 is 3.09 bits per heavy atom. The van der Waals surface area contributed by atoms with Gasteiger partial charge in [-0.2, -0.15) is 0 Å². The molecule has 1 N–H and O–H groups in total. The second-order valence-electron chi connectivity index (χ2n) is 5.98. The number of aryl methyl sites for hydroxylation is 1. The molecule has 0 saturated carbocycles. The lowest BCUT2D eigenvalue weighted by molar-refractivity contribution is 0.459. The summed E-state index contributed by atoms with van der Waals surface area (Å²) in [6, 6.07) is 2.38. The molecule has 1 atom stereocenters. The van der Waals surface area contributed by atoms with Crippen molar-refractivity contribution >= 4 is 27.4 Å². The summed E-state index contributed by atoms with van der Waals surface area (Å²) in [4.78, 5) is 8.72. The normalized spacial score (nSPS) is 17.9.